The predicted octanol–water partition coefficient (Wildman–Crippen LogP) is 4.76. The molecule has 1 aliphatic carbocycles. The van der Waals surface area contributed by atoms with Crippen molar-refractivity contribution in [2.24, 2.45) is 0 Å². The van der Waals surface area contributed by atoms with E-state index in [4.69, 9.17) is 0 Å². The molecule has 15 heteroatoms. The van der Waals surface area contributed by atoms with Crippen molar-refractivity contribution in [1.82, 2.24) is 0 Å². The quantitative estimate of drug-likeness (QED) is 0.303. The molecule has 158 valence electrons. The summed E-state index contributed by atoms with van der Waals surface area (Å²) >= 11 is 0.267. The Labute approximate surface area is 155 Å². The molecule has 1 atom stereocenters. The lowest BCUT2D eigenvalue weighted by atomic mass is 9.74. The molecule has 1 unspecified atom stereocenters. The van der Waals surface area contributed by atoms with Crippen LogP contribution >= 0.6 is 22.6 Å². The predicted molar refractivity (Wildman–Crippen MR) is 72.7 cm³/mol. The molecule has 0 aliphatic heterocycles. The van der Waals surface area contributed by atoms with Crippen LogP contribution in [0.3, 0.4) is 0 Å². The fraction of sp³-hybridized carbons (Fsp3) is 0.667. The molecule has 1 aliphatic rings. The zero-order chi connectivity index (χ0) is 21.9. The van der Waals surface area contributed by atoms with E-state index in [2.05, 4.69) is 0 Å². The van der Waals surface area contributed by atoms with Gasteiger partial charge < -0.3 is 10.2 Å². The summed E-state index contributed by atoms with van der Waals surface area (Å²) in [4.78, 5) is 0. The summed E-state index contributed by atoms with van der Waals surface area (Å²) < 4.78 is 151. The molecule has 0 bridgehead atoms. The Balaban J connectivity index is 3.65. The van der Waals surface area contributed by atoms with Crippen LogP contribution in [-0.4, -0.2) is 49.5 Å². The van der Waals surface area contributed by atoms with E-state index in [-0.39, 0.29) is 40.8 Å². The van der Waals surface area contributed by atoms with Gasteiger partial charge >= 0.3 is 24.7 Å². The number of hydrogen-bond donors (Lipinski definition) is 2. The van der Waals surface area contributed by atoms with Gasteiger partial charge in [0.2, 0.25) is 0 Å². The van der Waals surface area contributed by atoms with Crippen LogP contribution in [0.15, 0.2) is 23.8 Å². The number of rotatable bonds is 2. The summed E-state index contributed by atoms with van der Waals surface area (Å²) in [6, 6.07) is 0. The van der Waals surface area contributed by atoms with Crippen molar-refractivity contribution in [2.75, 3.05) is 0 Å². The largest absolute Gasteiger partial charge is 0.430 e. The van der Waals surface area contributed by atoms with Crippen molar-refractivity contribution in [3.8, 4) is 0 Å². The van der Waals surface area contributed by atoms with E-state index in [1.54, 1.807) is 0 Å². The van der Waals surface area contributed by atoms with Crippen LogP contribution < -0.4 is 0 Å². The first-order chi connectivity index (χ1) is 11.6. The highest BCUT2D eigenvalue weighted by Gasteiger charge is 2.80. The van der Waals surface area contributed by atoms with E-state index >= 15 is 0 Å². The monoisotopic (exact) mass is 538 g/mol. The van der Waals surface area contributed by atoms with E-state index in [1.807, 2.05) is 0 Å². The van der Waals surface area contributed by atoms with Gasteiger partial charge in [0.05, 0.1) is 3.42 Å². The minimum Gasteiger partial charge on any atom is -0.372 e. The molecule has 0 radical (unpaired) electrons. The third-order valence-electron chi connectivity index (χ3n) is 3.81. The molecular formula is C12H7F12IO2. The second kappa shape index (κ2) is 6.40. The van der Waals surface area contributed by atoms with E-state index in [0.717, 1.165) is 0 Å². The van der Waals surface area contributed by atoms with Gasteiger partial charge in [-0.2, -0.15) is 52.7 Å². The molecule has 0 heterocycles. The molecule has 0 saturated carbocycles. The van der Waals surface area contributed by atoms with Gasteiger partial charge in [-0.1, -0.05) is 40.8 Å². The van der Waals surface area contributed by atoms with Crippen molar-refractivity contribution in [3.63, 3.8) is 0 Å². The first-order valence-corrected chi connectivity index (χ1v) is 7.43. The number of aliphatic hydroxyl groups is 2. The maximum atomic E-state index is 13.0. The van der Waals surface area contributed by atoms with Crippen molar-refractivity contribution in [3.05, 3.63) is 23.8 Å². The Kier molecular flexibility index (Phi) is 5.77. The molecule has 1 rings (SSSR count). The van der Waals surface area contributed by atoms with Crippen LogP contribution in [0, 0.1) is 0 Å². The van der Waals surface area contributed by atoms with Crippen LogP contribution in [0.25, 0.3) is 0 Å². The molecule has 2 nitrogen and oxygen atoms in total. The summed E-state index contributed by atoms with van der Waals surface area (Å²) in [6.07, 6.45) is -28.4. The zero-order valence-electron chi connectivity index (χ0n) is 12.2. The molecule has 0 spiro atoms. The topological polar surface area (TPSA) is 40.5 Å². The van der Waals surface area contributed by atoms with E-state index < -0.39 is 51.3 Å². The van der Waals surface area contributed by atoms with Gasteiger partial charge in [0, 0.05) is 0 Å². The average molecular weight is 538 g/mol. The standard InChI is InChI=1S/C12H7F12IO2/c13-9(14,15)7(26,10(16,17)18)5-2-1-3-6(25,4-5)8(27,11(19,20)21)12(22,23)24/h1-3,26-27H,4H2. The first kappa shape index (κ1) is 24.3. The number of halogens is 13. The zero-order valence-corrected chi connectivity index (χ0v) is 14.4. The Morgan fingerprint density at radius 2 is 1.11 bits per heavy atom. The summed E-state index contributed by atoms with van der Waals surface area (Å²) in [5.41, 5.74) is -13.7. The molecule has 2 N–H and O–H groups in total. The third-order valence-corrected chi connectivity index (χ3v) is 5.33. The highest BCUT2D eigenvalue weighted by Crippen LogP contribution is 2.59. The van der Waals surface area contributed by atoms with Crippen molar-refractivity contribution < 1.29 is 62.9 Å². The molecular weight excluding hydrogens is 531 g/mol. The first-order valence-electron chi connectivity index (χ1n) is 6.36. The van der Waals surface area contributed by atoms with E-state index in [0.29, 0.717) is 0 Å². The van der Waals surface area contributed by atoms with Crippen molar-refractivity contribution in [2.45, 2.75) is 45.7 Å². The Bertz CT molecular complexity index is 611. The summed E-state index contributed by atoms with van der Waals surface area (Å²) in [7, 11) is 0. The second-order valence-electron chi connectivity index (χ2n) is 5.50. The maximum Gasteiger partial charge on any atom is 0.430 e. The van der Waals surface area contributed by atoms with Gasteiger partial charge in [-0.15, -0.1) is 0 Å². The van der Waals surface area contributed by atoms with Gasteiger partial charge in [0.1, 0.15) is 0 Å². The maximum absolute atomic E-state index is 13.0. The van der Waals surface area contributed by atoms with Crippen molar-refractivity contribution >= 4 is 22.6 Å². The van der Waals surface area contributed by atoms with Gasteiger partial charge in [-0.3, -0.25) is 0 Å². The van der Waals surface area contributed by atoms with Crippen LogP contribution in [0.4, 0.5) is 52.7 Å². The minimum atomic E-state index is -6.52. The van der Waals surface area contributed by atoms with Gasteiger partial charge in [-0.05, 0) is 12.0 Å². The Morgan fingerprint density at radius 1 is 0.741 bits per heavy atom. The highest BCUT2D eigenvalue weighted by molar-refractivity contribution is 14.1. The van der Waals surface area contributed by atoms with Crippen LogP contribution in [0.5, 0.6) is 0 Å². The molecule has 0 aromatic rings. The molecule has 0 aromatic carbocycles. The Morgan fingerprint density at radius 3 is 1.41 bits per heavy atom. The smallest absolute Gasteiger partial charge is 0.372 e. The second-order valence-corrected chi connectivity index (χ2v) is 7.43. The summed E-state index contributed by atoms with van der Waals surface area (Å²) in [5.74, 6) is 0. The molecule has 0 aromatic heterocycles. The SMILES string of the molecule is OC(C1=CC=CC(I)(C(O)(C(F)(F)F)C(F)(F)F)C1)(C(F)(F)F)C(F)(F)F. The molecule has 27 heavy (non-hydrogen) atoms. The lowest BCUT2D eigenvalue weighted by Gasteiger charge is -2.46. The van der Waals surface area contributed by atoms with E-state index in [9.17, 15) is 62.9 Å². The number of hydrogen-bond acceptors (Lipinski definition) is 2. The molecule has 0 saturated heterocycles. The van der Waals surface area contributed by atoms with Gasteiger partial charge in [-0.25, -0.2) is 0 Å². The lowest BCUT2D eigenvalue weighted by molar-refractivity contribution is -0.374. The number of alkyl halides is 13. The average Bonchev–Trinajstić information content (AvgIpc) is 2.40. The number of allylic oxidation sites excluding steroid dienone is 2. The van der Waals surface area contributed by atoms with E-state index in [1.165, 1.54) is 0 Å². The fourth-order valence-corrected chi connectivity index (χ4v) is 3.60. The normalized spacial score (nSPS) is 23.4. The summed E-state index contributed by atoms with van der Waals surface area (Å²) in [6.45, 7) is 0. The lowest BCUT2D eigenvalue weighted by Crippen LogP contribution is -2.69. The Hall–Kier alpha value is -0.710. The third kappa shape index (κ3) is 3.54. The van der Waals surface area contributed by atoms with Crippen molar-refractivity contribution in [1.29, 1.82) is 0 Å². The van der Waals surface area contributed by atoms with Crippen LogP contribution in [-0.2, 0) is 0 Å². The molecule has 0 fully saturated rings. The van der Waals surface area contributed by atoms with Gasteiger partial charge in [0.15, 0.2) is 0 Å². The summed E-state index contributed by atoms with van der Waals surface area (Å²) in [5, 5.41) is 18.6. The fourth-order valence-electron chi connectivity index (χ4n) is 2.37. The van der Waals surface area contributed by atoms with Crippen LogP contribution in [0.2, 0.25) is 0 Å². The van der Waals surface area contributed by atoms with Gasteiger partial charge in [0.25, 0.3) is 11.2 Å². The molecule has 0 amide bonds. The minimum absolute atomic E-state index is 0.0365. The highest BCUT2D eigenvalue weighted by atomic mass is 127. The van der Waals surface area contributed by atoms with Crippen LogP contribution in [0.1, 0.15) is 6.42 Å².